The summed E-state index contributed by atoms with van der Waals surface area (Å²) in [6.07, 6.45) is 0. The minimum absolute atomic E-state index is 0.0295. The lowest BCUT2D eigenvalue weighted by atomic mass is 10.1. The summed E-state index contributed by atoms with van der Waals surface area (Å²) < 4.78 is 25.7. The average Bonchev–Trinajstić information content (AvgIpc) is 2.99. The van der Waals surface area contributed by atoms with Gasteiger partial charge in [0, 0.05) is 24.4 Å². The number of hydrogen-bond acceptors (Lipinski definition) is 5. The number of carboxylic acid groups (broad SMARTS) is 1. The zero-order valence-electron chi connectivity index (χ0n) is 13.8. The van der Waals surface area contributed by atoms with E-state index >= 15 is 0 Å². The van der Waals surface area contributed by atoms with E-state index in [-0.39, 0.29) is 10.5 Å². The lowest BCUT2D eigenvalue weighted by Gasteiger charge is -2.13. The molecule has 0 bridgehead atoms. The summed E-state index contributed by atoms with van der Waals surface area (Å²) in [7, 11) is -0.798. The fourth-order valence-corrected chi connectivity index (χ4v) is 4.21. The van der Waals surface area contributed by atoms with Crippen LogP contribution in [0.25, 0.3) is 21.5 Å². The van der Waals surface area contributed by atoms with Gasteiger partial charge in [-0.15, -0.1) is 11.3 Å². The van der Waals surface area contributed by atoms with Gasteiger partial charge in [-0.3, -0.25) is 0 Å². The molecular formula is C17H16N2O4S2. The van der Waals surface area contributed by atoms with Crippen molar-refractivity contribution < 1.29 is 18.3 Å². The second-order valence-corrected chi connectivity index (χ2v) is 9.18. The highest BCUT2D eigenvalue weighted by Crippen LogP contribution is 2.31. The zero-order valence-corrected chi connectivity index (χ0v) is 15.5. The molecule has 2 aromatic heterocycles. The molecule has 3 rings (SSSR count). The van der Waals surface area contributed by atoms with Gasteiger partial charge in [-0.1, -0.05) is 0 Å². The first-order valence-corrected chi connectivity index (χ1v) is 9.63. The Kier molecular flexibility index (Phi) is 4.36. The highest BCUT2D eigenvalue weighted by atomic mass is 32.2. The van der Waals surface area contributed by atoms with E-state index in [1.807, 2.05) is 19.1 Å². The molecule has 0 saturated heterocycles. The van der Waals surface area contributed by atoms with Crippen molar-refractivity contribution in [2.75, 3.05) is 14.1 Å². The van der Waals surface area contributed by atoms with Crippen LogP contribution >= 0.6 is 11.3 Å². The highest BCUT2D eigenvalue weighted by Gasteiger charge is 2.20. The summed E-state index contributed by atoms with van der Waals surface area (Å²) in [5.41, 5.74) is 1.03. The summed E-state index contributed by atoms with van der Waals surface area (Å²) in [5.74, 6) is -1.12. The predicted octanol–water partition coefficient (Wildman–Crippen LogP) is 3.22. The van der Waals surface area contributed by atoms with Gasteiger partial charge >= 0.3 is 5.97 Å². The van der Waals surface area contributed by atoms with Gasteiger partial charge in [0.15, 0.2) is 0 Å². The Morgan fingerprint density at radius 3 is 2.44 bits per heavy atom. The monoisotopic (exact) mass is 376 g/mol. The van der Waals surface area contributed by atoms with E-state index in [9.17, 15) is 18.3 Å². The number of carbonyl (C=O) groups is 1. The molecule has 0 saturated carbocycles. The van der Waals surface area contributed by atoms with E-state index in [0.29, 0.717) is 16.6 Å². The first kappa shape index (κ1) is 17.5. The molecule has 0 radical (unpaired) electrons. The van der Waals surface area contributed by atoms with Crippen molar-refractivity contribution in [3.8, 4) is 10.6 Å². The number of benzene rings is 1. The van der Waals surface area contributed by atoms with Gasteiger partial charge in [-0.2, -0.15) is 0 Å². The fraction of sp³-hybridized carbons (Fsp3) is 0.176. The number of pyridine rings is 1. The van der Waals surface area contributed by atoms with Crippen LogP contribution in [0.3, 0.4) is 0 Å². The molecule has 0 fully saturated rings. The Morgan fingerprint density at radius 1 is 1.16 bits per heavy atom. The average molecular weight is 376 g/mol. The van der Waals surface area contributed by atoms with Crippen LogP contribution in [-0.4, -0.2) is 42.9 Å². The van der Waals surface area contributed by atoms with Crippen LogP contribution in [0.15, 0.2) is 41.3 Å². The number of hydrogen-bond donors (Lipinski definition) is 1. The van der Waals surface area contributed by atoms with Gasteiger partial charge in [-0.25, -0.2) is 22.5 Å². The molecule has 3 aromatic rings. The molecule has 8 heteroatoms. The van der Waals surface area contributed by atoms with Gasteiger partial charge in [0.05, 0.1) is 26.5 Å². The van der Waals surface area contributed by atoms with E-state index in [2.05, 4.69) is 4.98 Å². The summed E-state index contributed by atoms with van der Waals surface area (Å²) >= 11 is 1.52. The summed E-state index contributed by atoms with van der Waals surface area (Å²) in [5, 5.41) is 9.88. The SMILES string of the molecule is Cc1ccc(-c2cc(C(=O)O)c3cc(S(=O)(=O)N(C)C)ccc3n2)s1. The smallest absolute Gasteiger partial charge is 0.336 e. The van der Waals surface area contributed by atoms with Crippen molar-refractivity contribution >= 4 is 38.2 Å². The largest absolute Gasteiger partial charge is 0.478 e. The molecule has 0 aliphatic rings. The topological polar surface area (TPSA) is 87.6 Å². The van der Waals surface area contributed by atoms with Gasteiger partial charge in [0.25, 0.3) is 0 Å². The van der Waals surface area contributed by atoms with Crippen molar-refractivity contribution in [1.82, 2.24) is 9.29 Å². The van der Waals surface area contributed by atoms with E-state index in [0.717, 1.165) is 14.1 Å². The van der Waals surface area contributed by atoms with Crippen LogP contribution in [0.1, 0.15) is 15.2 Å². The van der Waals surface area contributed by atoms with Crippen molar-refractivity contribution in [2.45, 2.75) is 11.8 Å². The highest BCUT2D eigenvalue weighted by molar-refractivity contribution is 7.89. The molecule has 0 aliphatic heterocycles. The van der Waals surface area contributed by atoms with Crippen molar-refractivity contribution in [3.63, 3.8) is 0 Å². The summed E-state index contributed by atoms with van der Waals surface area (Å²) in [4.78, 5) is 18.2. The van der Waals surface area contributed by atoms with Gasteiger partial charge in [-0.05, 0) is 43.3 Å². The number of aromatic carboxylic acids is 1. The third-order valence-corrected chi connectivity index (χ3v) is 6.62. The lowest BCUT2D eigenvalue weighted by Crippen LogP contribution is -2.22. The molecule has 0 atom stereocenters. The fourth-order valence-electron chi connectivity index (χ4n) is 2.45. The normalized spacial score (nSPS) is 12.0. The maximum atomic E-state index is 12.3. The second-order valence-electron chi connectivity index (χ2n) is 5.74. The Bertz CT molecular complexity index is 1090. The van der Waals surface area contributed by atoms with Crippen LogP contribution in [0.5, 0.6) is 0 Å². The first-order chi connectivity index (χ1) is 11.7. The molecule has 0 spiro atoms. The van der Waals surface area contributed by atoms with Gasteiger partial charge < -0.3 is 5.11 Å². The maximum absolute atomic E-state index is 12.3. The van der Waals surface area contributed by atoms with Crippen LogP contribution < -0.4 is 0 Å². The van der Waals surface area contributed by atoms with Gasteiger partial charge in [0.1, 0.15) is 0 Å². The molecule has 0 aliphatic carbocycles. The quantitative estimate of drug-likeness (QED) is 0.755. The molecule has 2 heterocycles. The first-order valence-electron chi connectivity index (χ1n) is 7.37. The molecule has 0 amide bonds. The van der Waals surface area contributed by atoms with Crippen molar-refractivity contribution in [2.24, 2.45) is 0 Å². The van der Waals surface area contributed by atoms with E-state index < -0.39 is 16.0 Å². The minimum Gasteiger partial charge on any atom is -0.478 e. The van der Waals surface area contributed by atoms with Crippen LogP contribution in [0.4, 0.5) is 0 Å². The van der Waals surface area contributed by atoms with E-state index in [4.69, 9.17) is 0 Å². The third-order valence-electron chi connectivity index (χ3n) is 3.78. The Labute approximate surface area is 149 Å². The van der Waals surface area contributed by atoms with Gasteiger partial charge in [0.2, 0.25) is 10.0 Å². The Hall–Kier alpha value is -2.29. The molecular weight excluding hydrogens is 360 g/mol. The lowest BCUT2D eigenvalue weighted by molar-refractivity contribution is 0.0699. The molecule has 1 aromatic carbocycles. The van der Waals surface area contributed by atoms with Crippen LogP contribution in [-0.2, 0) is 10.0 Å². The Balaban J connectivity index is 2.28. The molecule has 25 heavy (non-hydrogen) atoms. The van der Waals surface area contributed by atoms with E-state index in [1.54, 1.807) is 6.07 Å². The number of thiophene rings is 1. The Morgan fingerprint density at radius 2 is 1.88 bits per heavy atom. The number of fused-ring (bicyclic) bond motifs is 1. The summed E-state index contributed by atoms with van der Waals surface area (Å²) in [6.45, 7) is 1.96. The van der Waals surface area contributed by atoms with Crippen LogP contribution in [0, 0.1) is 6.92 Å². The van der Waals surface area contributed by atoms with Crippen molar-refractivity contribution in [1.29, 1.82) is 0 Å². The number of aromatic nitrogens is 1. The summed E-state index contributed by atoms with van der Waals surface area (Å²) in [6, 6.07) is 9.68. The van der Waals surface area contributed by atoms with Crippen molar-refractivity contribution in [3.05, 3.63) is 46.8 Å². The number of nitrogens with zero attached hydrogens (tertiary/aromatic N) is 2. The standard InChI is InChI=1S/C17H16N2O4S2/c1-10-4-7-16(24-10)15-9-13(17(20)21)12-8-11(5-6-14(12)18-15)25(22,23)19(2)3/h4-9H,1-3H3,(H,20,21). The van der Waals surface area contributed by atoms with E-state index in [1.165, 1.54) is 43.6 Å². The second kappa shape index (κ2) is 6.21. The number of sulfonamides is 1. The molecule has 130 valence electrons. The van der Waals surface area contributed by atoms with Crippen LogP contribution in [0.2, 0.25) is 0 Å². The third kappa shape index (κ3) is 3.15. The molecule has 6 nitrogen and oxygen atoms in total. The minimum atomic E-state index is -3.66. The predicted molar refractivity (Wildman–Crippen MR) is 97.6 cm³/mol. The molecule has 0 unspecified atom stereocenters. The number of rotatable bonds is 4. The maximum Gasteiger partial charge on any atom is 0.336 e. The number of aryl methyl sites for hydroxylation is 1. The molecule has 1 N–H and O–H groups in total. The zero-order chi connectivity index (χ0) is 18.4. The number of carboxylic acids is 1.